The summed E-state index contributed by atoms with van der Waals surface area (Å²) in [5.41, 5.74) is 1.30. The second kappa shape index (κ2) is 17.1. The van der Waals surface area contributed by atoms with Crippen molar-refractivity contribution >= 4 is 0 Å². The Hall–Kier alpha value is -1.22. The molecule has 0 saturated carbocycles. The number of aliphatic hydroxyl groups excluding tert-OH is 6. The quantitative estimate of drug-likeness (QED) is 0.389. The summed E-state index contributed by atoms with van der Waals surface area (Å²) >= 11 is 0. The van der Waals surface area contributed by atoms with Gasteiger partial charge in [0.1, 0.15) is 18.0 Å². The first-order valence-corrected chi connectivity index (χ1v) is 7.41. The molecule has 0 aliphatic rings. The topological polar surface area (TPSA) is 131 Å². The molecule has 1 rings (SSSR count). The maximum atomic E-state index is 8.17. The van der Waals surface area contributed by atoms with E-state index in [1.165, 1.54) is 12.0 Å². The highest BCUT2D eigenvalue weighted by atomic mass is 16.5. The van der Waals surface area contributed by atoms with E-state index in [-0.39, 0.29) is 26.4 Å². The Morgan fingerprint density at radius 1 is 0.870 bits per heavy atom. The van der Waals surface area contributed by atoms with Crippen molar-refractivity contribution < 1.29 is 35.4 Å². The summed E-state index contributed by atoms with van der Waals surface area (Å²) in [6.07, 6.45) is 0.361. The van der Waals surface area contributed by atoms with E-state index < -0.39 is 12.2 Å². The fourth-order valence-corrected chi connectivity index (χ4v) is 1.29. The minimum absolute atomic E-state index is 0.365. The van der Waals surface area contributed by atoms with E-state index in [0.29, 0.717) is 0 Å². The molecule has 1 aromatic carbocycles. The summed E-state index contributed by atoms with van der Waals surface area (Å²) < 4.78 is 5.20. The minimum Gasteiger partial charge on any atom is -0.496 e. The standard InChI is InChI=1S/C10H14O.2C3H8O3/c1-3-6-9-7-4-5-8-10(9)11-2;2*4-1-3(6)2-5/h4-5,7-8H,3,6H2,1-2H3;2*3-6H,1-2H2. The second-order valence-electron chi connectivity index (χ2n) is 4.60. The predicted molar refractivity (Wildman–Crippen MR) is 87.3 cm³/mol. The summed E-state index contributed by atoms with van der Waals surface area (Å²) in [7, 11) is 1.72. The molecule has 7 heteroatoms. The molecule has 0 aromatic heterocycles. The summed E-state index contributed by atoms with van der Waals surface area (Å²) in [5, 5.41) is 48.0. The van der Waals surface area contributed by atoms with Crippen LogP contribution in [0.2, 0.25) is 0 Å². The first kappa shape index (κ1) is 24.0. The average Bonchev–Trinajstić information content (AvgIpc) is 2.62. The zero-order valence-corrected chi connectivity index (χ0v) is 13.8. The molecule has 0 aliphatic heterocycles. The van der Waals surface area contributed by atoms with Crippen LogP contribution in [0.25, 0.3) is 0 Å². The number of methoxy groups -OCH3 is 1. The van der Waals surface area contributed by atoms with Crippen molar-refractivity contribution in [3.05, 3.63) is 29.8 Å². The number of aliphatic hydroxyl groups is 6. The Morgan fingerprint density at radius 3 is 1.61 bits per heavy atom. The van der Waals surface area contributed by atoms with Gasteiger partial charge in [-0.05, 0) is 18.1 Å². The van der Waals surface area contributed by atoms with Gasteiger partial charge < -0.3 is 35.4 Å². The Bertz CT molecular complexity index is 342. The Labute approximate surface area is 137 Å². The highest BCUT2D eigenvalue weighted by Crippen LogP contribution is 2.18. The molecular weight excluding hydrogens is 304 g/mol. The number of hydrogen-bond acceptors (Lipinski definition) is 7. The van der Waals surface area contributed by atoms with Gasteiger partial charge in [-0.1, -0.05) is 31.5 Å². The first-order valence-electron chi connectivity index (χ1n) is 7.41. The van der Waals surface area contributed by atoms with Crippen molar-refractivity contribution in [2.75, 3.05) is 33.5 Å². The van der Waals surface area contributed by atoms with Crippen molar-refractivity contribution in [2.24, 2.45) is 0 Å². The number of rotatable bonds is 7. The zero-order chi connectivity index (χ0) is 18.1. The second-order valence-corrected chi connectivity index (χ2v) is 4.60. The van der Waals surface area contributed by atoms with E-state index in [1.807, 2.05) is 18.2 Å². The van der Waals surface area contributed by atoms with Gasteiger partial charge in [-0.15, -0.1) is 0 Å². The summed E-state index contributed by atoms with van der Waals surface area (Å²) in [6, 6.07) is 8.17. The predicted octanol–water partition coefficient (Wildman–Crippen LogP) is -0.688. The lowest BCUT2D eigenvalue weighted by atomic mass is 10.1. The molecule has 0 heterocycles. The zero-order valence-electron chi connectivity index (χ0n) is 13.8. The van der Waals surface area contributed by atoms with Crippen LogP contribution >= 0.6 is 0 Å². The monoisotopic (exact) mass is 334 g/mol. The van der Waals surface area contributed by atoms with Crippen molar-refractivity contribution in [2.45, 2.75) is 32.0 Å². The molecule has 7 nitrogen and oxygen atoms in total. The summed E-state index contributed by atoms with van der Waals surface area (Å²) in [5.74, 6) is 1.01. The van der Waals surface area contributed by atoms with E-state index in [1.54, 1.807) is 7.11 Å². The molecule has 6 N–H and O–H groups in total. The SMILES string of the molecule is CCCc1ccccc1OC.OCC(O)CO.OCC(O)CO. The number of para-hydroxylation sites is 1. The van der Waals surface area contributed by atoms with E-state index in [4.69, 9.17) is 35.4 Å². The molecule has 0 bridgehead atoms. The van der Waals surface area contributed by atoms with Crippen LogP contribution in [0.15, 0.2) is 24.3 Å². The summed E-state index contributed by atoms with van der Waals surface area (Å²) in [6.45, 7) is 0.715. The van der Waals surface area contributed by atoms with Crippen molar-refractivity contribution in [1.82, 2.24) is 0 Å². The molecule has 0 aliphatic carbocycles. The number of ether oxygens (including phenoxy) is 1. The molecule has 0 amide bonds. The van der Waals surface area contributed by atoms with Gasteiger partial charge in [0, 0.05) is 0 Å². The van der Waals surface area contributed by atoms with Crippen LogP contribution < -0.4 is 4.74 Å². The van der Waals surface area contributed by atoms with Gasteiger partial charge in [0.05, 0.1) is 33.5 Å². The molecular formula is C16H30O7. The van der Waals surface area contributed by atoms with Gasteiger partial charge in [0.25, 0.3) is 0 Å². The molecule has 136 valence electrons. The van der Waals surface area contributed by atoms with E-state index in [2.05, 4.69) is 13.0 Å². The third-order valence-corrected chi connectivity index (χ3v) is 2.55. The van der Waals surface area contributed by atoms with Gasteiger partial charge in [0.2, 0.25) is 0 Å². The van der Waals surface area contributed by atoms with Gasteiger partial charge >= 0.3 is 0 Å². The molecule has 23 heavy (non-hydrogen) atoms. The normalized spacial score (nSPS) is 9.83. The molecule has 0 radical (unpaired) electrons. The molecule has 0 unspecified atom stereocenters. The van der Waals surface area contributed by atoms with Crippen LogP contribution in [0.4, 0.5) is 0 Å². The maximum Gasteiger partial charge on any atom is 0.122 e. The van der Waals surface area contributed by atoms with Crippen molar-refractivity contribution in [1.29, 1.82) is 0 Å². The lowest BCUT2D eigenvalue weighted by Crippen LogP contribution is -2.15. The van der Waals surface area contributed by atoms with Crippen LogP contribution in [0, 0.1) is 0 Å². The highest BCUT2D eigenvalue weighted by molar-refractivity contribution is 5.33. The molecule has 1 aromatic rings. The lowest BCUT2D eigenvalue weighted by molar-refractivity contribution is 0.0450. The van der Waals surface area contributed by atoms with Gasteiger partial charge in [-0.2, -0.15) is 0 Å². The van der Waals surface area contributed by atoms with Crippen molar-refractivity contribution in [3.8, 4) is 5.75 Å². The molecule has 0 fully saturated rings. The number of hydrogen-bond donors (Lipinski definition) is 6. The van der Waals surface area contributed by atoms with Gasteiger partial charge in [-0.25, -0.2) is 0 Å². The first-order chi connectivity index (χ1) is 11.0. The molecule has 0 saturated heterocycles. The minimum atomic E-state index is -0.954. The van der Waals surface area contributed by atoms with Crippen LogP contribution in [0.3, 0.4) is 0 Å². The highest BCUT2D eigenvalue weighted by Gasteiger charge is 1.98. The fraction of sp³-hybridized carbons (Fsp3) is 0.625. The van der Waals surface area contributed by atoms with Gasteiger partial charge in [0.15, 0.2) is 0 Å². The summed E-state index contributed by atoms with van der Waals surface area (Å²) in [4.78, 5) is 0. The third kappa shape index (κ3) is 14.1. The Kier molecular flexibility index (Phi) is 17.9. The van der Waals surface area contributed by atoms with Gasteiger partial charge in [-0.3, -0.25) is 0 Å². The lowest BCUT2D eigenvalue weighted by Gasteiger charge is -2.05. The number of aryl methyl sites for hydroxylation is 1. The third-order valence-electron chi connectivity index (χ3n) is 2.55. The van der Waals surface area contributed by atoms with E-state index in [0.717, 1.165) is 12.2 Å². The van der Waals surface area contributed by atoms with Crippen LogP contribution in [0.1, 0.15) is 18.9 Å². The van der Waals surface area contributed by atoms with Crippen LogP contribution in [0.5, 0.6) is 5.75 Å². The van der Waals surface area contributed by atoms with Crippen LogP contribution in [-0.2, 0) is 6.42 Å². The fourth-order valence-electron chi connectivity index (χ4n) is 1.29. The Balaban J connectivity index is 0. The van der Waals surface area contributed by atoms with Crippen LogP contribution in [-0.4, -0.2) is 76.4 Å². The number of benzene rings is 1. The molecule has 0 spiro atoms. The average molecular weight is 334 g/mol. The van der Waals surface area contributed by atoms with E-state index >= 15 is 0 Å². The Morgan fingerprint density at radius 2 is 1.30 bits per heavy atom. The van der Waals surface area contributed by atoms with E-state index in [9.17, 15) is 0 Å². The maximum absolute atomic E-state index is 8.17. The van der Waals surface area contributed by atoms with Crippen molar-refractivity contribution in [3.63, 3.8) is 0 Å². The largest absolute Gasteiger partial charge is 0.496 e. The molecule has 0 atom stereocenters. The smallest absolute Gasteiger partial charge is 0.122 e.